The van der Waals surface area contributed by atoms with E-state index in [4.69, 9.17) is 9.15 Å². The van der Waals surface area contributed by atoms with Crippen LogP contribution in [0, 0.1) is 6.92 Å². The maximum atomic E-state index is 12.2. The van der Waals surface area contributed by atoms with E-state index in [-0.39, 0.29) is 24.3 Å². The second-order valence-corrected chi connectivity index (χ2v) is 6.46. The van der Waals surface area contributed by atoms with Gasteiger partial charge in [-0.25, -0.2) is 4.79 Å². The van der Waals surface area contributed by atoms with Gasteiger partial charge in [-0.2, -0.15) is 0 Å². The van der Waals surface area contributed by atoms with Gasteiger partial charge in [0.05, 0.1) is 12.3 Å². The van der Waals surface area contributed by atoms with E-state index in [1.165, 1.54) is 12.3 Å². The lowest BCUT2D eigenvalue weighted by atomic mass is 10.0. The normalized spacial score (nSPS) is 11.7. The molecule has 2 aromatic heterocycles. The highest BCUT2D eigenvalue weighted by Crippen LogP contribution is 2.26. The van der Waals surface area contributed by atoms with E-state index < -0.39 is 5.97 Å². The number of benzene rings is 1. The van der Waals surface area contributed by atoms with Gasteiger partial charge in [0.2, 0.25) is 5.76 Å². The molecule has 6 heteroatoms. The van der Waals surface area contributed by atoms with E-state index in [1.807, 2.05) is 48.7 Å². The number of hydrogen-bond donors (Lipinski definition) is 1. The number of ether oxygens (including phenoxy) is 1. The topological polar surface area (TPSA) is 68.5 Å². The zero-order valence-corrected chi connectivity index (χ0v) is 14.4. The van der Waals surface area contributed by atoms with Crippen molar-refractivity contribution in [2.45, 2.75) is 13.0 Å². The third-order valence-electron chi connectivity index (χ3n) is 3.60. The van der Waals surface area contributed by atoms with Crippen molar-refractivity contribution in [2.24, 2.45) is 0 Å². The molecule has 0 aliphatic rings. The number of furan rings is 1. The fraction of sp³-hybridized carbons (Fsp3) is 0.158. The Kier molecular flexibility index (Phi) is 5.30. The quantitative estimate of drug-likeness (QED) is 0.685. The van der Waals surface area contributed by atoms with Gasteiger partial charge in [0.25, 0.3) is 5.91 Å². The van der Waals surface area contributed by atoms with Crippen molar-refractivity contribution in [3.63, 3.8) is 0 Å². The van der Waals surface area contributed by atoms with Crippen LogP contribution >= 0.6 is 11.3 Å². The molecule has 0 saturated carbocycles. The van der Waals surface area contributed by atoms with Crippen LogP contribution in [0.3, 0.4) is 0 Å². The molecule has 1 atom stereocenters. The molecule has 5 nitrogen and oxygen atoms in total. The maximum absolute atomic E-state index is 12.2. The van der Waals surface area contributed by atoms with Crippen LogP contribution in [0.25, 0.3) is 0 Å². The number of hydrogen-bond acceptors (Lipinski definition) is 5. The molecular formula is C19H17NO4S. The number of amides is 1. The molecule has 3 aromatic rings. The van der Waals surface area contributed by atoms with Gasteiger partial charge in [-0.3, -0.25) is 4.79 Å². The Labute approximate surface area is 149 Å². The Bertz CT molecular complexity index is 823. The highest BCUT2D eigenvalue weighted by molar-refractivity contribution is 7.10. The average molecular weight is 355 g/mol. The predicted molar refractivity (Wildman–Crippen MR) is 94.5 cm³/mol. The minimum Gasteiger partial charge on any atom is -0.457 e. The molecule has 3 rings (SSSR count). The van der Waals surface area contributed by atoms with Crippen LogP contribution < -0.4 is 5.32 Å². The van der Waals surface area contributed by atoms with E-state index in [9.17, 15) is 9.59 Å². The van der Waals surface area contributed by atoms with Gasteiger partial charge < -0.3 is 14.5 Å². The van der Waals surface area contributed by atoms with Crippen LogP contribution in [0.4, 0.5) is 0 Å². The predicted octanol–water partition coefficient (Wildman–Crippen LogP) is 3.71. The monoisotopic (exact) mass is 355 g/mol. The molecular weight excluding hydrogens is 338 g/mol. The van der Waals surface area contributed by atoms with Gasteiger partial charge in [0.1, 0.15) is 0 Å². The third-order valence-corrected chi connectivity index (χ3v) is 4.54. The molecule has 0 spiro atoms. The SMILES string of the molecule is Cc1ccc([C@H](NC(=O)COC(=O)c2ccco2)c2cccs2)cc1. The molecule has 1 aromatic carbocycles. The first-order valence-corrected chi connectivity index (χ1v) is 8.61. The fourth-order valence-corrected chi connectivity index (χ4v) is 3.14. The van der Waals surface area contributed by atoms with Crippen LogP contribution in [0.1, 0.15) is 32.6 Å². The van der Waals surface area contributed by atoms with Gasteiger partial charge in [-0.15, -0.1) is 11.3 Å². The van der Waals surface area contributed by atoms with E-state index >= 15 is 0 Å². The van der Waals surface area contributed by atoms with E-state index in [0.29, 0.717) is 0 Å². The first-order valence-electron chi connectivity index (χ1n) is 7.73. The Morgan fingerprint density at radius 3 is 2.60 bits per heavy atom. The number of rotatable bonds is 6. The summed E-state index contributed by atoms with van der Waals surface area (Å²) in [4.78, 5) is 25.0. The number of carbonyl (C=O) groups excluding carboxylic acids is 2. The molecule has 2 heterocycles. The number of esters is 1. The Morgan fingerprint density at radius 1 is 1.16 bits per heavy atom. The largest absolute Gasteiger partial charge is 0.457 e. The molecule has 0 unspecified atom stereocenters. The molecule has 1 amide bonds. The summed E-state index contributed by atoms with van der Waals surface area (Å²) < 4.78 is 9.92. The van der Waals surface area contributed by atoms with E-state index in [1.54, 1.807) is 17.4 Å². The van der Waals surface area contributed by atoms with Crippen molar-refractivity contribution in [3.05, 3.63) is 81.9 Å². The Morgan fingerprint density at radius 2 is 1.96 bits per heavy atom. The summed E-state index contributed by atoms with van der Waals surface area (Å²) in [7, 11) is 0. The highest BCUT2D eigenvalue weighted by Gasteiger charge is 2.19. The molecule has 0 radical (unpaired) electrons. The number of aryl methyl sites for hydroxylation is 1. The zero-order valence-electron chi connectivity index (χ0n) is 13.6. The van der Waals surface area contributed by atoms with Crippen LogP contribution in [0.5, 0.6) is 0 Å². The van der Waals surface area contributed by atoms with Crippen molar-refractivity contribution >= 4 is 23.2 Å². The van der Waals surface area contributed by atoms with Crippen LogP contribution in [-0.4, -0.2) is 18.5 Å². The number of carbonyl (C=O) groups is 2. The lowest BCUT2D eigenvalue weighted by Crippen LogP contribution is -2.32. The van der Waals surface area contributed by atoms with Gasteiger partial charge in [0.15, 0.2) is 6.61 Å². The van der Waals surface area contributed by atoms with Crippen molar-refractivity contribution in [2.75, 3.05) is 6.61 Å². The number of nitrogens with one attached hydrogen (secondary N) is 1. The van der Waals surface area contributed by atoms with Crippen molar-refractivity contribution in [1.82, 2.24) is 5.32 Å². The smallest absolute Gasteiger partial charge is 0.374 e. The molecule has 0 aliphatic carbocycles. The average Bonchev–Trinajstić information content (AvgIpc) is 3.31. The second-order valence-electron chi connectivity index (χ2n) is 5.48. The second kappa shape index (κ2) is 7.81. The molecule has 0 fully saturated rings. The summed E-state index contributed by atoms with van der Waals surface area (Å²) in [6.07, 6.45) is 1.38. The van der Waals surface area contributed by atoms with Crippen LogP contribution in [-0.2, 0) is 9.53 Å². The van der Waals surface area contributed by atoms with Gasteiger partial charge in [-0.05, 0) is 36.1 Å². The Hall–Kier alpha value is -2.86. The Balaban J connectivity index is 1.67. The van der Waals surface area contributed by atoms with Gasteiger partial charge >= 0.3 is 5.97 Å². The van der Waals surface area contributed by atoms with Gasteiger partial charge in [0, 0.05) is 4.88 Å². The van der Waals surface area contributed by atoms with Crippen molar-refractivity contribution in [3.8, 4) is 0 Å². The van der Waals surface area contributed by atoms with E-state index in [2.05, 4.69) is 5.32 Å². The summed E-state index contributed by atoms with van der Waals surface area (Å²) in [5, 5.41) is 4.88. The molecule has 0 saturated heterocycles. The fourth-order valence-electron chi connectivity index (χ4n) is 2.33. The first kappa shape index (κ1) is 17.0. The summed E-state index contributed by atoms with van der Waals surface area (Å²) in [6.45, 7) is 1.64. The highest BCUT2D eigenvalue weighted by atomic mass is 32.1. The molecule has 1 N–H and O–H groups in total. The zero-order chi connectivity index (χ0) is 17.6. The van der Waals surface area contributed by atoms with Crippen LogP contribution in [0.15, 0.2) is 64.6 Å². The molecule has 25 heavy (non-hydrogen) atoms. The summed E-state index contributed by atoms with van der Waals surface area (Å²) >= 11 is 1.56. The lowest BCUT2D eigenvalue weighted by molar-refractivity contribution is -0.124. The third kappa shape index (κ3) is 4.36. The van der Waals surface area contributed by atoms with Crippen LogP contribution in [0.2, 0.25) is 0 Å². The maximum Gasteiger partial charge on any atom is 0.374 e. The number of thiophene rings is 1. The summed E-state index contributed by atoms with van der Waals surface area (Å²) in [5.41, 5.74) is 2.12. The summed E-state index contributed by atoms with van der Waals surface area (Å²) in [6, 6.07) is 14.6. The van der Waals surface area contributed by atoms with Gasteiger partial charge in [-0.1, -0.05) is 35.9 Å². The standard InChI is InChI=1S/C19H17NO4S/c1-13-6-8-14(9-7-13)18(16-5-3-11-25-16)20-17(21)12-24-19(22)15-4-2-10-23-15/h2-11,18H,12H2,1H3,(H,20,21)/t18-/m0/s1. The van der Waals surface area contributed by atoms with Crippen molar-refractivity contribution in [1.29, 1.82) is 0 Å². The first-order chi connectivity index (χ1) is 12.1. The minimum atomic E-state index is -0.664. The molecule has 0 aliphatic heterocycles. The van der Waals surface area contributed by atoms with E-state index in [0.717, 1.165) is 16.0 Å². The lowest BCUT2D eigenvalue weighted by Gasteiger charge is -2.18. The summed E-state index contributed by atoms with van der Waals surface area (Å²) in [5.74, 6) is -0.969. The minimum absolute atomic E-state index is 0.0705. The molecule has 128 valence electrons. The van der Waals surface area contributed by atoms with Crippen molar-refractivity contribution < 1.29 is 18.7 Å². The molecule has 0 bridgehead atoms.